The maximum absolute atomic E-state index is 13.5. The molecule has 4 aromatic rings. The molecule has 1 aromatic heterocycles. The Balaban J connectivity index is 1.64. The highest BCUT2D eigenvalue weighted by Gasteiger charge is 2.10. The van der Waals surface area contributed by atoms with Gasteiger partial charge in [-0.2, -0.15) is 0 Å². The van der Waals surface area contributed by atoms with E-state index in [9.17, 15) is 4.39 Å². The van der Waals surface area contributed by atoms with Crippen LogP contribution in [-0.4, -0.2) is 4.57 Å². The minimum atomic E-state index is -0.187. The number of aryl methyl sites for hydroxylation is 1. The summed E-state index contributed by atoms with van der Waals surface area (Å²) in [4.78, 5) is 1.26. The number of benzene rings is 3. The highest BCUT2D eigenvalue weighted by Crippen LogP contribution is 2.33. The minimum absolute atomic E-state index is 0.187. The highest BCUT2D eigenvalue weighted by molar-refractivity contribution is 7.98. The molecular formula is C23H20FNS. The van der Waals surface area contributed by atoms with E-state index in [-0.39, 0.29) is 5.82 Å². The van der Waals surface area contributed by atoms with E-state index in [1.54, 1.807) is 12.1 Å². The zero-order valence-corrected chi connectivity index (χ0v) is 15.5. The van der Waals surface area contributed by atoms with Crippen molar-refractivity contribution >= 4 is 22.7 Å². The Morgan fingerprint density at radius 2 is 1.73 bits per heavy atom. The summed E-state index contributed by atoms with van der Waals surface area (Å²) in [6.07, 6.45) is 2.19. The third kappa shape index (κ3) is 3.54. The van der Waals surface area contributed by atoms with Gasteiger partial charge in [0.1, 0.15) is 5.82 Å². The van der Waals surface area contributed by atoms with Gasteiger partial charge in [0.15, 0.2) is 0 Å². The van der Waals surface area contributed by atoms with Gasteiger partial charge in [-0.15, -0.1) is 11.8 Å². The average molecular weight is 361 g/mol. The lowest BCUT2D eigenvalue weighted by Gasteiger charge is -2.05. The van der Waals surface area contributed by atoms with Crippen LogP contribution in [0.3, 0.4) is 0 Å². The third-order valence-corrected chi connectivity index (χ3v) is 5.73. The number of hydrogen-bond acceptors (Lipinski definition) is 1. The Hall–Kier alpha value is -2.52. The summed E-state index contributed by atoms with van der Waals surface area (Å²) in [5.74, 6) is 0.758. The Bertz CT molecular complexity index is 1050. The van der Waals surface area contributed by atoms with Crippen LogP contribution in [0.5, 0.6) is 0 Å². The standard InChI is InChI=1S/C23H20FNS/c1-17-7-2-3-9-19(17)16-26-23-15-25(22-12-5-4-11-21(22)23)14-18-8-6-10-20(24)13-18/h2-13,15H,14,16H2,1H3. The van der Waals surface area contributed by atoms with Gasteiger partial charge in [-0.1, -0.05) is 54.6 Å². The number of fused-ring (bicyclic) bond motifs is 1. The number of hydrogen-bond donors (Lipinski definition) is 0. The van der Waals surface area contributed by atoms with Crippen LogP contribution in [0, 0.1) is 12.7 Å². The molecule has 0 atom stereocenters. The lowest BCUT2D eigenvalue weighted by atomic mass is 10.1. The monoisotopic (exact) mass is 361 g/mol. The molecule has 0 aliphatic carbocycles. The Kier molecular flexibility index (Phi) is 4.81. The van der Waals surface area contributed by atoms with Crippen molar-refractivity contribution in [2.75, 3.05) is 0 Å². The summed E-state index contributed by atoms with van der Waals surface area (Å²) in [5, 5.41) is 1.25. The first-order valence-electron chi connectivity index (χ1n) is 8.70. The van der Waals surface area contributed by atoms with Gasteiger partial charge in [-0.3, -0.25) is 0 Å². The highest BCUT2D eigenvalue weighted by atomic mass is 32.2. The number of aromatic nitrogens is 1. The van der Waals surface area contributed by atoms with Gasteiger partial charge in [0, 0.05) is 34.3 Å². The fraction of sp³-hybridized carbons (Fsp3) is 0.130. The number of para-hydroxylation sites is 1. The molecule has 0 unspecified atom stereocenters. The van der Waals surface area contributed by atoms with E-state index < -0.39 is 0 Å². The lowest BCUT2D eigenvalue weighted by molar-refractivity contribution is 0.624. The van der Waals surface area contributed by atoms with Gasteiger partial charge in [0.05, 0.1) is 0 Å². The predicted octanol–water partition coefficient (Wildman–Crippen LogP) is 6.43. The van der Waals surface area contributed by atoms with Crippen LogP contribution in [0.1, 0.15) is 16.7 Å². The van der Waals surface area contributed by atoms with E-state index in [1.807, 2.05) is 17.8 Å². The number of thioether (sulfide) groups is 1. The second-order valence-electron chi connectivity index (χ2n) is 6.48. The molecule has 0 aliphatic heterocycles. The van der Waals surface area contributed by atoms with Crippen molar-refractivity contribution in [1.29, 1.82) is 0 Å². The number of nitrogens with zero attached hydrogens (tertiary/aromatic N) is 1. The van der Waals surface area contributed by atoms with Crippen LogP contribution in [-0.2, 0) is 12.3 Å². The molecule has 0 saturated heterocycles. The first-order valence-corrected chi connectivity index (χ1v) is 9.69. The zero-order valence-electron chi connectivity index (χ0n) is 14.7. The van der Waals surface area contributed by atoms with Gasteiger partial charge in [0.2, 0.25) is 0 Å². The second kappa shape index (κ2) is 7.38. The molecule has 3 aromatic carbocycles. The molecule has 0 saturated carbocycles. The van der Waals surface area contributed by atoms with Crippen LogP contribution >= 0.6 is 11.8 Å². The van der Waals surface area contributed by atoms with E-state index >= 15 is 0 Å². The Morgan fingerprint density at radius 3 is 2.58 bits per heavy atom. The summed E-state index contributed by atoms with van der Waals surface area (Å²) in [6.45, 7) is 2.83. The van der Waals surface area contributed by atoms with Crippen molar-refractivity contribution in [1.82, 2.24) is 4.57 Å². The molecule has 130 valence electrons. The molecular weight excluding hydrogens is 341 g/mol. The molecule has 0 radical (unpaired) electrons. The average Bonchev–Trinajstić information content (AvgIpc) is 2.99. The third-order valence-electron chi connectivity index (χ3n) is 4.64. The van der Waals surface area contributed by atoms with Crippen molar-refractivity contribution in [2.45, 2.75) is 24.1 Å². The molecule has 0 N–H and O–H groups in total. The maximum Gasteiger partial charge on any atom is 0.123 e. The van der Waals surface area contributed by atoms with Crippen molar-refractivity contribution < 1.29 is 4.39 Å². The van der Waals surface area contributed by atoms with Gasteiger partial charge < -0.3 is 4.57 Å². The minimum Gasteiger partial charge on any atom is -0.342 e. The Labute approximate surface area is 157 Å². The van der Waals surface area contributed by atoms with Gasteiger partial charge >= 0.3 is 0 Å². The number of halogens is 1. The van der Waals surface area contributed by atoms with Crippen LogP contribution in [0.2, 0.25) is 0 Å². The topological polar surface area (TPSA) is 4.93 Å². The largest absolute Gasteiger partial charge is 0.342 e. The van der Waals surface area contributed by atoms with Gasteiger partial charge in [-0.25, -0.2) is 4.39 Å². The molecule has 3 heteroatoms. The predicted molar refractivity (Wildman–Crippen MR) is 108 cm³/mol. The zero-order chi connectivity index (χ0) is 17.9. The van der Waals surface area contributed by atoms with Gasteiger partial charge in [-0.05, 0) is 41.8 Å². The van der Waals surface area contributed by atoms with E-state index in [0.29, 0.717) is 6.54 Å². The van der Waals surface area contributed by atoms with Gasteiger partial charge in [0.25, 0.3) is 0 Å². The number of rotatable bonds is 5. The molecule has 0 fully saturated rings. The molecule has 26 heavy (non-hydrogen) atoms. The van der Waals surface area contributed by atoms with Crippen molar-refractivity contribution in [3.63, 3.8) is 0 Å². The first-order chi connectivity index (χ1) is 12.7. The SMILES string of the molecule is Cc1ccccc1CSc1cn(Cc2cccc(F)c2)c2ccccc12. The van der Waals surface area contributed by atoms with Crippen molar-refractivity contribution in [3.05, 3.63) is 102 Å². The van der Waals surface area contributed by atoms with E-state index in [2.05, 4.69) is 66.2 Å². The summed E-state index contributed by atoms with van der Waals surface area (Å²) >= 11 is 1.86. The molecule has 0 bridgehead atoms. The molecule has 1 heterocycles. The molecule has 0 aliphatic rings. The fourth-order valence-corrected chi connectivity index (χ4v) is 4.38. The van der Waals surface area contributed by atoms with E-state index in [1.165, 1.54) is 33.0 Å². The fourth-order valence-electron chi connectivity index (χ4n) is 3.22. The first kappa shape index (κ1) is 16.9. The van der Waals surface area contributed by atoms with Crippen LogP contribution < -0.4 is 0 Å². The molecule has 4 rings (SSSR count). The summed E-state index contributed by atoms with van der Waals surface area (Å²) in [5.41, 5.74) is 4.84. The van der Waals surface area contributed by atoms with Crippen LogP contribution in [0.4, 0.5) is 4.39 Å². The van der Waals surface area contributed by atoms with Crippen LogP contribution in [0.25, 0.3) is 10.9 Å². The van der Waals surface area contributed by atoms with Crippen LogP contribution in [0.15, 0.2) is 83.9 Å². The summed E-state index contributed by atoms with van der Waals surface area (Å²) in [7, 11) is 0. The Morgan fingerprint density at radius 1 is 0.923 bits per heavy atom. The second-order valence-corrected chi connectivity index (χ2v) is 7.50. The normalized spacial score (nSPS) is 11.2. The molecule has 0 spiro atoms. The van der Waals surface area contributed by atoms with Crippen molar-refractivity contribution in [2.24, 2.45) is 0 Å². The lowest BCUT2D eigenvalue weighted by Crippen LogP contribution is -1.98. The molecule has 0 amide bonds. The van der Waals surface area contributed by atoms with E-state index in [0.717, 1.165) is 11.3 Å². The van der Waals surface area contributed by atoms with E-state index in [4.69, 9.17) is 0 Å². The quantitative estimate of drug-likeness (QED) is 0.371. The summed E-state index contributed by atoms with van der Waals surface area (Å²) in [6, 6.07) is 23.8. The van der Waals surface area contributed by atoms with Crippen molar-refractivity contribution in [3.8, 4) is 0 Å². The maximum atomic E-state index is 13.5. The smallest absolute Gasteiger partial charge is 0.123 e. The molecule has 1 nitrogen and oxygen atoms in total. The summed E-state index contributed by atoms with van der Waals surface area (Å²) < 4.78 is 15.7.